The lowest BCUT2D eigenvalue weighted by atomic mass is 10.1. The Hall–Kier alpha value is -4.07. The smallest absolute Gasteiger partial charge is 0.305 e. The minimum absolute atomic E-state index is 0.00525. The van der Waals surface area contributed by atoms with Crippen LogP contribution in [-0.2, 0) is 6.61 Å². The molecule has 2 aromatic heterocycles. The van der Waals surface area contributed by atoms with Gasteiger partial charge in [0.1, 0.15) is 29.5 Å². The number of aryl methyl sites for hydroxylation is 1. The summed E-state index contributed by atoms with van der Waals surface area (Å²) in [4.78, 5) is 24.6. The van der Waals surface area contributed by atoms with Crippen molar-refractivity contribution in [2.75, 3.05) is 0 Å². The Morgan fingerprint density at radius 1 is 0.933 bits per heavy atom. The molecule has 0 aliphatic heterocycles. The summed E-state index contributed by atoms with van der Waals surface area (Å²) >= 11 is 0. The van der Waals surface area contributed by atoms with Crippen LogP contribution < -0.4 is 15.6 Å². The Kier molecular flexibility index (Phi) is 5.21. The lowest BCUT2D eigenvalue weighted by Crippen LogP contribution is -2.41. The standard InChI is InChI=1S/C22H17FN2O5/c1-13-17-4-2-3-5-18(17)30-20(13)22(27)25-24-21(26)19-11-10-16(29-19)12-28-15-8-6-14(23)7-9-15/h2-11H,12H2,1H3,(H,24,26)(H,25,27). The molecule has 4 rings (SSSR count). The molecule has 0 spiro atoms. The second-order valence-corrected chi connectivity index (χ2v) is 6.47. The van der Waals surface area contributed by atoms with E-state index >= 15 is 0 Å². The van der Waals surface area contributed by atoms with E-state index in [1.165, 1.54) is 30.3 Å². The van der Waals surface area contributed by atoms with Crippen molar-refractivity contribution in [3.63, 3.8) is 0 Å². The second-order valence-electron chi connectivity index (χ2n) is 6.47. The van der Waals surface area contributed by atoms with E-state index in [1.54, 1.807) is 19.1 Å². The van der Waals surface area contributed by atoms with Crippen molar-refractivity contribution in [3.8, 4) is 5.75 Å². The van der Waals surface area contributed by atoms with Gasteiger partial charge in [-0.3, -0.25) is 20.4 Å². The van der Waals surface area contributed by atoms with Gasteiger partial charge in [0, 0.05) is 10.9 Å². The molecule has 0 bridgehead atoms. The van der Waals surface area contributed by atoms with Gasteiger partial charge in [0.15, 0.2) is 11.5 Å². The molecule has 0 fully saturated rings. The predicted molar refractivity (Wildman–Crippen MR) is 105 cm³/mol. The molecule has 0 saturated carbocycles. The maximum absolute atomic E-state index is 12.9. The van der Waals surface area contributed by atoms with E-state index in [4.69, 9.17) is 13.6 Å². The molecule has 2 amide bonds. The number of fused-ring (bicyclic) bond motifs is 1. The number of ether oxygens (including phenoxy) is 1. The Morgan fingerprint density at radius 2 is 1.67 bits per heavy atom. The highest BCUT2D eigenvalue weighted by atomic mass is 19.1. The molecular formula is C22H17FN2O5. The lowest BCUT2D eigenvalue weighted by Gasteiger charge is -2.05. The molecule has 7 nitrogen and oxygen atoms in total. The van der Waals surface area contributed by atoms with Crippen molar-refractivity contribution in [2.45, 2.75) is 13.5 Å². The number of carbonyl (C=O) groups is 2. The number of benzene rings is 2. The van der Waals surface area contributed by atoms with Crippen LogP contribution in [0.4, 0.5) is 4.39 Å². The minimum atomic E-state index is -0.634. The normalized spacial score (nSPS) is 10.7. The quantitative estimate of drug-likeness (QED) is 0.485. The third-order valence-corrected chi connectivity index (χ3v) is 4.42. The summed E-state index contributed by atoms with van der Waals surface area (Å²) in [7, 11) is 0. The van der Waals surface area contributed by atoms with E-state index < -0.39 is 11.8 Å². The predicted octanol–water partition coefficient (Wildman–Crippen LogP) is 4.13. The van der Waals surface area contributed by atoms with Crippen molar-refractivity contribution in [2.24, 2.45) is 0 Å². The first-order chi connectivity index (χ1) is 14.5. The fourth-order valence-electron chi connectivity index (χ4n) is 2.89. The number of halogens is 1. The van der Waals surface area contributed by atoms with Gasteiger partial charge in [0.2, 0.25) is 0 Å². The SMILES string of the molecule is Cc1c(C(=O)NNC(=O)c2ccc(COc3ccc(F)cc3)o2)oc2ccccc12. The van der Waals surface area contributed by atoms with Crippen LogP contribution in [0.2, 0.25) is 0 Å². The topological polar surface area (TPSA) is 93.7 Å². The fraction of sp³-hybridized carbons (Fsp3) is 0.0909. The lowest BCUT2D eigenvalue weighted by molar-refractivity contribution is 0.0815. The number of para-hydroxylation sites is 1. The van der Waals surface area contributed by atoms with Crippen LogP contribution in [0.3, 0.4) is 0 Å². The first kappa shape index (κ1) is 19.3. The van der Waals surface area contributed by atoms with Crippen LogP contribution >= 0.6 is 0 Å². The Morgan fingerprint density at radius 3 is 2.43 bits per heavy atom. The number of rotatable bonds is 5. The van der Waals surface area contributed by atoms with Gasteiger partial charge >= 0.3 is 11.8 Å². The van der Waals surface area contributed by atoms with E-state index in [0.29, 0.717) is 22.7 Å². The Balaban J connectivity index is 1.34. The van der Waals surface area contributed by atoms with Gasteiger partial charge in [-0.1, -0.05) is 18.2 Å². The monoisotopic (exact) mass is 408 g/mol. The first-order valence-electron chi connectivity index (χ1n) is 9.07. The largest absolute Gasteiger partial charge is 0.486 e. The van der Waals surface area contributed by atoms with E-state index in [1.807, 2.05) is 18.2 Å². The number of hydrogen-bond acceptors (Lipinski definition) is 5. The molecule has 8 heteroatoms. The second kappa shape index (κ2) is 8.12. The summed E-state index contributed by atoms with van der Waals surface area (Å²) < 4.78 is 29.3. The van der Waals surface area contributed by atoms with Crippen molar-refractivity contribution in [1.29, 1.82) is 0 Å². The van der Waals surface area contributed by atoms with Gasteiger partial charge in [-0.2, -0.15) is 0 Å². The molecule has 2 heterocycles. The number of furan rings is 2. The summed E-state index contributed by atoms with van der Waals surface area (Å²) in [6.07, 6.45) is 0. The van der Waals surface area contributed by atoms with Crippen molar-refractivity contribution >= 4 is 22.8 Å². The fourth-order valence-corrected chi connectivity index (χ4v) is 2.89. The van der Waals surface area contributed by atoms with Crippen molar-refractivity contribution in [3.05, 3.63) is 89.3 Å². The van der Waals surface area contributed by atoms with Gasteiger partial charge in [-0.05, 0) is 49.4 Å². The molecule has 0 radical (unpaired) electrons. The summed E-state index contributed by atoms with van der Waals surface area (Å²) in [5.74, 6) is -0.609. The number of amides is 2. The molecule has 2 aromatic carbocycles. The molecule has 0 saturated heterocycles. The molecule has 2 N–H and O–H groups in total. The van der Waals surface area contributed by atoms with Crippen LogP contribution in [0, 0.1) is 12.7 Å². The van der Waals surface area contributed by atoms with Crippen LogP contribution in [0.5, 0.6) is 5.75 Å². The average molecular weight is 408 g/mol. The Bertz CT molecular complexity index is 1210. The van der Waals surface area contributed by atoms with E-state index in [0.717, 1.165) is 5.39 Å². The Labute approximate surface area is 170 Å². The first-order valence-corrected chi connectivity index (χ1v) is 9.07. The van der Waals surface area contributed by atoms with Crippen molar-refractivity contribution < 1.29 is 27.6 Å². The highest BCUT2D eigenvalue weighted by Crippen LogP contribution is 2.24. The zero-order valence-electron chi connectivity index (χ0n) is 15.9. The van der Waals surface area contributed by atoms with Gasteiger partial charge in [-0.25, -0.2) is 4.39 Å². The number of nitrogens with one attached hydrogen (secondary N) is 2. The molecule has 0 aliphatic carbocycles. The summed E-state index contributed by atoms with van der Waals surface area (Å²) in [6.45, 7) is 1.83. The summed E-state index contributed by atoms with van der Waals surface area (Å²) in [5.41, 5.74) is 5.86. The maximum Gasteiger partial charge on any atom is 0.305 e. The average Bonchev–Trinajstić information content (AvgIpc) is 3.37. The van der Waals surface area contributed by atoms with Gasteiger partial charge in [0.05, 0.1) is 0 Å². The highest BCUT2D eigenvalue weighted by molar-refractivity contribution is 6.00. The highest BCUT2D eigenvalue weighted by Gasteiger charge is 2.19. The zero-order valence-corrected chi connectivity index (χ0v) is 15.9. The van der Waals surface area contributed by atoms with Crippen molar-refractivity contribution in [1.82, 2.24) is 10.9 Å². The molecule has 0 unspecified atom stereocenters. The molecule has 152 valence electrons. The van der Waals surface area contributed by atoms with Crippen LogP contribution in [0.25, 0.3) is 11.0 Å². The zero-order chi connectivity index (χ0) is 21.1. The molecular weight excluding hydrogens is 391 g/mol. The molecule has 4 aromatic rings. The van der Waals surface area contributed by atoms with E-state index in [-0.39, 0.29) is 23.9 Å². The number of hydrogen-bond donors (Lipinski definition) is 2. The summed E-state index contributed by atoms with van der Waals surface area (Å²) in [6, 6.07) is 15.8. The number of hydrazine groups is 1. The third-order valence-electron chi connectivity index (χ3n) is 4.42. The van der Waals surface area contributed by atoms with E-state index in [2.05, 4.69) is 10.9 Å². The van der Waals surface area contributed by atoms with Crippen LogP contribution in [0.15, 0.2) is 69.5 Å². The van der Waals surface area contributed by atoms with Crippen LogP contribution in [-0.4, -0.2) is 11.8 Å². The third kappa shape index (κ3) is 4.02. The summed E-state index contributed by atoms with van der Waals surface area (Å²) in [5, 5.41) is 0.825. The van der Waals surface area contributed by atoms with Gasteiger partial charge in [-0.15, -0.1) is 0 Å². The maximum atomic E-state index is 12.9. The van der Waals surface area contributed by atoms with Gasteiger partial charge < -0.3 is 13.6 Å². The molecule has 0 atom stereocenters. The van der Waals surface area contributed by atoms with Crippen LogP contribution in [0.1, 0.15) is 32.4 Å². The van der Waals surface area contributed by atoms with E-state index in [9.17, 15) is 14.0 Å². The molecule has 30 heavy (non-hydrogen) atoms. The minimum Gasteiger partial charge on any atom is -0.486 e. The van der Waals surface area contributed by atoms with Gasteiger partial charge in [0.25, 0.3) is 0 Å². The molecule has 0 aliphatic rings. The number of carbonyl (C=O) groups excluding carboxylic acids is 2.